The number of nitrogens with zero attached hydrogens (tertiary/aromatic N) is 3. The minimum absolute atomic E-state index is 0.300. The molecule has 3 aliphatic rings. The minimum Gasteiger partial charge on any atom is -0.336 e. The molecule has 0 N–H and O–H groups in total. The molecule has 1 saturated heterocycles. The average molecular weight is 554 g/mol. The molecular formula is C40H31N3. The highest BCUT2D eigenvalue weighted by Crippen LogP contribution is 2.62. The van der Waals surface area contributed by atoms with Gasteiger partial charge in [0, 0.05) is 17.1 Å². The van der Waals surface area contributed by atoms with E-state index in [2.05, 4.69) is 166 Å². The van der Waals surface area contributed by atoms with Crippen LogP contribution in [0.5, 0.6) is 0 Å². The van der Waals surface area contributed by atoms with Gasteiger partial charge >= 0.3 is 0 Å². The average Bonchev–Trinajstić information content (AvgIpc) is 3.56. The molecular weight excluding hydrogens is 522 g/mol. The molecule has 3 heteroatoms. The molecule has 0 aromatic heterocycles. The lowest BCUT2D eigenvalue weighted by atomic mass is 9.70. The number of hydrogen-bond donors (Lipinski definition) is 0. The molecule has 3 nitrogen and oxygen atoms in total. The minimum atomic E-state index is -0.300. The SMILES string of the molecule is c1ccc(N2CN(c3ccccc3)CN(c3ccc4c(c3)-c3ccccc3C43c4ccccc4-c4ccccc43)C2)cc1. The van der Waals surface area contributed by atoms with Gasteiger partial charge in [0.2, 0.25) is 0 Å². The molecule has 0 unspecified atom stereocenters. The Hall–Kier alpha value is -5.28. The maximum Gasteiger partial charge on any atom is 0.0937 e. The standard InChI is InChI=1S/C40H31N3/c1-3-13-29(14-4-1)41-26-42(30-15-5-2-6-16-30)28-43(27-41)31-23-24-39-35(25-31)34-19-9-12-22-38(34)40(39)36-20-10-7-17-32(36)33-18-8-11-21-37(33)40/h1-25H,26-28H2. The molecule has 6 aromatic carbocycles. The van der Waals surface area contributed by atoms with Crippen LogP contribution in [0.15, 0.2) is 152 Å². The Morgan fingerprint density at radius 2 is 0.698 bits per heavy atom. The third kappa shape index (κ3) is 3.48. The topological polar surface area (TPSA) is 9.72 Å². The molecule has 6 aromatic rings. The summed E-state index contributed by atoms with van der Waals surface area (Å²) >= 11 is 0. The highest BCUT2D eigenvalue weighted by Gasteiger charge is 2.51. The number of anilines is 3. The van der Waals surface area contributed by atoms with Crippen molar-refractivity contribution in [2.24, 2.45) is 0 Å². The normalized spacial score (nSPS) is 15.7. The Bertz CT molecular complexity index is 1890. The van der Waals surface area contributed by atoms with E-state index in [1.165, 1.54) is 61.6 Å². The van der Waals surface area contributed by atoms with Crippen LogP contribution in [-0.4, -0.2) is 20.0 Å². The summed E-state index contributed by atoms with van der Waals surface area (Å²) in [6.07, 6.45) is 0. The molecule has 0 amide bonds. The first kappa shape index (κ1) is 24.3. The van der Waals surface area contributed by atoms with Gasteiger partial charge in [-0.25, -0.2) is 0 Å². The second-order valence-corrected chi connectivity index (χ2v) is 11.8. The van der Waals surface area contributed by atoms with Crippen LogP contribution in [0, 0.1) is 0 Å². The van der Waals surface area contributed by atoms with Crippen molar-refractivity contribution in [3.63, 3.8) is 0 Å². The molecule has 1 aliphatic heterocycles. The molecule has 2 aliphatic carbocycles. The molecule has 0 radical (unpaired) electrons. The highest BCUT2D eigenvalue weighted by atomic mass is 15.5. The van der Waals surface area contributed by atoms with Crippen molar-refractivity contribution in [1.29, 1.82) is 0 Å². The highest BCUT2D eigenvalue weighted by molar-refractivity contribution is 5.95. The van der Waals surface area contributed by atoms with Gasteiger partial charge in [0.05, 0.1) is 25.4 Å². The Morgan fingerprint density at radius 1 is 0.326 bits per heavy atom. The van der Waals surface area contributed by atoms with E-state index in [4.69, 9.17) is 0 Å². The number of para-hydroxylation sites is 2. The van der Waals surface area contributed by atoms with Gasteiger partial charge in [-0.2, -0.15) is 0 Å². The summed E-state index contributed by atoms with van der Waals surface area (Å²) in [5.74, 6) is 0. The number of benzene rings is 6. The van der Waals surface area contributed by atoms with Gasteiger partial charge in [-0.05, 0) is 80.9 Å². The van der Waals surface area contributed by atoms with E-state index in [9.17, 15) is 0 Å². The zero-order valence-electron chi connectivity index (χ0n) is 23.9. The first-order valence-electron chi connectivity index (χ1n) is 15.1. The lowest BCUT2D eigenvalue weighted by Gasteiger charge is -2.45. The van der Waals surface area contributed by atoms with E-state index in [-0.39, 0.29) is 5.41 Å². The molecule has 0 bridgehead atoms. The summed E-state index contributed by atoms with van der Waals surface area (Å²) in [6.45, 7) is 2.49. The Balaban J connectivity index is 1.20. The predicted octanol–water partition coefficient (Wildman–Crippen LogP) is 8.74. The molecule has 1 fully saturated rings. The Labute approximate surface area is 252 Å². The van der Waals surface area contributed by atoms with Crippen molar-refractivity contribution in [3.05, 3.63) is 174 Å². The van der Waals surface area contributed by atoms with Gasteiger partial charge in [0.15, 0.2) is 0 Å². The van der Waals surface area contributed by atoms with E-state index >= 15 is 0 Å². The van der Waals surface area contributed by atoms with Crippen LogP contribution in [0.3, 0.4) is 0 Å². The summed E-state index contributed by atoms with van der Waals surface area (Å²) in [4.78, 5) is 7.43. The van der Waals surface area contributed by atoms with Gasteiger partial charge in [0.1, 0.15) is 0 Å². The van der Waals surface area contributed by atoms with E-state index in [0.29, 0.717) is 0 Å². The second kappa shape index (κ2) is 9.37. The Morgan fingerprint density at radius 3 is 1.19 bits per heavy atom. The molecule has 1 heterocycles. The van der Waals surface area contributed by atoms with Crippen molar-refractivity contribution >= 4 is 17.1 Å². The van der Waals surface area contributed by atoms with E-state index in [0.717, 1.165) is 20.0 Å². The third-order valence-corrected chi connectivity index (χ3v) is 9.61. The second-order valence-electron chi connectivity index (χ2n) is 11.8. The van der Waals surface area contributed by atoms with Crippen molar-refractivity contribution in [2.45, 2.75) is 5.41 Å². The molecule has 9 rings (SSSR count). The van der Waals surface area contributed by atoms with Crippen LogP contribution in [0.4, 0.5) is 17.1 Å². The number of rotatable bonds is 3. The smallest absolute Gasteiger partial charge is 0.0937 e. The van der Waals surface area contributed by atoms with Crippen molar-refractivity contribution < 1.29 is 0 Å². The molecule has 206 valence electrons. The van der Waals surface area contributed by atoms with Crippen LogP contribution < -0.4 is 14.7 Å². The monoisotopic (exact) mass is 553 g/mol. The summed E-state index contributed by atoms with van der Waals surface area (Å²) in [7, 11) is 0. The summed E-state index contributed by atoms with van der Waals surface area (Å²) in [6, 6.07) is 55.8. The predicted molar refractivity (Wildman–Crippen MR) is 178 cm³/mol. The van der Waals surface area contributed by atoms with Crippen LogP contribution in [0.2, 0.25) is 0 Å². The lowest BCUT2D eigenvalue weighted by Crippen LogP contribution is -2.55. The fourth-order valence-electron chi connectivity index (χ4n) is 7.80. The van der Waals surface area contributed by atoms with Crippen molar-refractivity contribution in [1.82, 2.24) is 0 Å². The van der Waals surface area contributed by atoms with Gasteiger partial charge in [0.25, 0.3) is 0 Å². The van der Waals surface area contributed by atoms with Gasteiger partial charge in [-0.1, -0.05) is 115 Å². The molecule has 0 atom stereocenters. The summed E-state index contributed by atoms with van der Waals surface area (Å²) < 4.78 is 0. The van der Waals surface area contributed by atoms with Crippen molar-refractivity contribution in [2.75, 3.05) is 34.7 Å². The third-order valence-electron chi connectivity index (χ3n) is 9.61. The first-order valence-corrected chi connectivity index (χ1v) is 15.1. The molecule has 43 heavy (non-hydrogen) atoms. The van der Waals surface area contributed by atoms with E-state index < -0.39 is 0 Å². The largest absolute Gasteiger partial charge is 0.336 e. The quantitative estimate of drug-likeness (QED) is 0.217. The summed E-state index contributed by atoms with van der Waals surface area (Å²) in [5.41, 5.74) is 14.3. The van der Waals surface area contributed by atoms with E-state index in [1.54, 1.807) is 0 Å². The van der Waals surface area contributed by atoms with Gasteiger partial charge in [-0.15, -0.1) is 0 Å². The van der Waals surface area contributed by atoms with Gasteiger partial charge in [-0.3, -0.25) is 0 Å². The first-order chi connectivity index (χ1) is 21.3. The fourth-order valence-corrected chi connectivity index (χ4v) is 7.80. The summed E-state index contributed by atoms with van der Waals surface area (Å²) in [5, 5.41) is 0. The maximum atomic E-state index is 2.51. The Kier molecular flexibility index (Phi) is 5.30. The van der Waals surface area contributed by atoms with E-state index in [1.807, 2.05) is 0 Å². The maximum absolute atomic E-state index is 2.51. The van der Waals surface area contributed by atoms with Gasteiger partial charge < -0.3 is 14.7 Å². The zero-order chi connectivity index (χ0) is 28.4. The fraction of sp³-hybridized carbons (Fsp3) is 0.100. The van der Waals surface area contributed by atoms with Crippen molar-refractivity contribution in [3.8, 4) is 22.3 Å². The number of hydrogen-bond acceptors (Lipinski definition) is 3. The van der Waals surface area contributed by atoms with Crippen LogP contribution in [-0.2, 0) is 5.41 Å². The molecule has 0 saturated carbocycles. The lowest BCUT2D eigenvalue weighted by molar-refractivity contribution is 0.611. The van der Waals surface area contributed by atoms with Crippen LogP contribution in [0.25, 0.3) is 22.3 Å². The number of fused-ring (bicyclic) bond motifs is 10. The zero-order valence-corrected chi connectivity index (χ0v) is 23.9. The molecule has 1 spiro atoms. The van der Waals surface area contributed by atoms with Crippen LogP contribution in [0.1, 0.15) is 22.3 Å². The van der Waals surface area contributed by atoms with Crippen LogP contribution >= 0.6 is 0 Å².